The molecule has 0 aliphatic rings. The lowest BCUT2D eigenvalue weighted by Crippen LogP contribution is -2.36. The molecule has 0 aliphatic carbocycles. The van der Waals surface area contributed by atoms with Crippen molar-refractivity contribution in [3.8, 4) is 0 Å². The number of esters is 1. The lowest BCUT2D eigenvalue weighted by Gasteiger charge is -2.19. The van der Waals surface area contributed by atoms with E-state index in [2.05, 4.69) is 10.3 Å². The SMILES string of the molecule is CCOC(=O)C(C)C(C)NCc1cccnc1. The van der Waals surface area contributed by atoms with E-state index in [-0.39, 0.29) is 17.9 Å². The van der Waals surface area contributed by atoms with Crippen molar-refractivity contribution in [2.75, 3.05) is 6.61 Å². The van der Waals surface area contributed by atoms with Crippen LogP contribution < -0.4 is 5.32 Å². The molecule has 4 heteroatoms. The molecule has 0 bridgehead atoms. The summed E-state index contributed by atoms with van der Waals surface area (Å²) in [5.74, 6) is -0.301. The van der Waals surface area contributed by atoms with Crippen LogP contribution in [0.2, 0.25) is 0 Å². The molecule has 0 saturated heterocycles. The molecule has 2 unspecified atom stereocenters. The Morgan fingerprint density at radius 3 is 2.88 bits per heavy atom. The van der Waals surface area contributed by atoms with Gasteiger partial charge in [0.05, 0.1) is 12.5 Å². The van der Waals surface area contributed by atoms with Crippen LogP contribution in [0.15, 0.2) is 24.5 Å². The molecule has 2 atom stereocenters. The first kappa shape index (κ1) is 13.6. The van der Waals surface area contributed by atoms with Crippen LogP contribution in [-0.2, 0) is 16.1 Å². The quantitative estimate of drug-likeness (QED) is 0.765. The van der Waals surface area contributed by atoms with E-state index in [0.29, 0.717) is 13.2 Å². The third-order valence-corrected chi connectivity index (χ3v) is 2.76. The van der Waals surface area contributed by atoms with Crippen molar-refractivity contribution in [2.24, 2.45) is 5.92 Å². The summed E-state index contributed by atoms with van der Waals surface area (Å²) in [4.78, 5) is 15.6. The molecule has 0 fully saturated rings. The number of ether oxygens (including phenoxy) is 1. The molecular weight excluding hydrogens is 216 g/mol. The second-order valence-electron chi connectivity index (χ2n) is 4.07. The van der Waals surface area contributed by atoms with Gasteiger partial charge in [0.25, 0.3) is 0 Å². The normalized spacial score (nSPS) is 14.1. The second kappa shape index (κ2) is 7.01. The fraction of sp³-hybridized carbons (Fsp3) is 0.538. The number of nitrogens with one attached hydrogen (secondary N) is 1. The topological polar surface area (TPSA) is 51.2 Å². The summed E-state index contributed by atoms with van der Waals surface area (Å²) in [6.07, 6.45) is 3.56. The molecular formula is C13H20N2O2. The average molecular weight is 236 g/mol. The van der Waals surface area contributed by atoms with E-state index in [1.807, 2.05) is 39.1 Å². The molecule has 1 N–H and O–H groups in total. The number of pyridine rings is 1. The standard InChI is InChI=1S/C13H20N2O2/c1-4-17-13(16)10(2)11(3)15-9-12-6-5-7-14-8-12/h5-8,10-11,15H,4,9H2,1-3H3. The van der Waals surface area contributed by atoms with Crippen molar-refractivity contribution < 1.29 is 9.53 Å². The number of hydrogen-bond donors (Lipinski definition) is 1. The Morgan fingerprint density at radius 2 is 2.29 bits per heavy atom. The zero-order chi connectivity index (χ0) is 12.7. The lowest BCUT2D eigenvalue weighted by molar-refractivity contribution is -0.148. The van der Waals surface area contributed by atoms with E-state index in [9.17, 15) is 4.79 Å². The number of carbonyl (C=O) groups is 1. The maximum absolute atomic E-state index is 11.5. The molecule has 0 spiro atoms. The van der Waals surface area contributed by atoms with Crippen LogP contribution in [0.4, 0.5) is 0 Å². The second-order valence-corrected chi connectivity index (χ2v) is 4.07. The minimum atomic E-state index is -0.154. The summed E-state index contributed by atoms with van der Waals surface area (Å²) in [5.41, 5.74) is 1.11. The van der Waals surface area contributed by atoms with Crippen LogP contribution in [-0.4, -0.2) is 23.6 Å². The Labute approximate surface area is 102 Å². The van der Waals surface area contributed by atoms with Crippen molar-refractivity contribution in [1.29, 1.82) is 0 Å². The molecule has 0 aromatic carbocycles. The molecule has 0 aliphatic heterocycles. The highest BCUT2D eigenvalue weighted by Gasteiger charge is 2.20. The maximum atomic E-state index is 11.5. The molecule has 1 aromatic heterocycles. The molecule has 0 saturated carbocycles. The summed E-state index contributed by atoms with van der Waals surface area (Å²) in [6, 6.07) is 3.98. The van der Waals surface area contributed by atoms with Crippen LogP contribution >= 0.6 is 0 Å². The largest absolute Gasteiger partial charge is 0.466 e. The molecule has 4 nitrogen and oxygen atoms in total. The highest BCUT2D eigenvalue weighted by molar-refractivity contribution is 5.72. The summed E-state index contributed by atoms with van der Waals surface area (Å²) in [7, 11) is 0. The van der Waals surface area contributed by atoms with Gasteiger partial charge in [-0.1, -0.05) is 13.0 Å². The summed E-state index contributed by atoms with van der Waals surface area (Å²) in [5, 5.41) is 3.30. The highest BCUT2D eigenvalue weighted by Crippen LogP contribution is 2.06. The Balaban J connectivity index is 2.39. The van der Waals surface area contributed by atoms with Crippen molar-refractivity contribution >= 4 is 5.97 Å². The average Bonchev–Trinajstić information content (AvgIpc) is 2.36. The van der Waals surface area contributed by atoms with Gasteiger partial charge in [-0.2, -0.15) is 0 Å². The van der Waals surface area contributed by atoms with Crippen LogP contribution in [0.5, 0.6) is 0 Å². The van der Waals surface area contributed by atoms with Crippen LogP contribution in [0.25, 0.3) is 0 Å². The van der Waals surface area contributed by atoms with Crippen molar-refractivity contribution in [3.05, 3.63) is 30.1 Å². The van der Waals surface area contributed by atoms with E-state index >= 15 is 0 Å². The molecule has 1 rings (SSSR count). The molecule has 1 heterocycles. The minimum absolute atomic E-state index is 0.0780. The zero-order valence-corrected chi connectivity index (χ0v) is 10.6. The monoisotopic (exact) mass is 236 g/mol. The first-order chi connectivity index (χ1) is 8.15. The number of carbonyl (C=O) groups excluding carboxylic acids is 1. The van der Waals surface area contributed by atoms with Gasteiger partial charge in [-0.15, -0.1) is 0 Å². The van der Waals surface area contributed by atoms with Gasteiger partial charge in [-0.3, -0.25) is 9.78 Å². The Hall–Kier alpha value is -1.42. The maximum Gasteiger partial charge on any atom is 0.310 e. The van der Waals surface area contributed by atoms with E-state index in [0.717, 1.165) is 5.56 Å². The van der Waals surface area contributed by atoms with Gasteiger partial charge in [-0.05, 0) is 25.5 Å². The Kier molecular flexibility index (Phi) is 5.63. The highest BCUT2D eigenvalue weighted by atomic mass is 16.5. The molecule has 1 aromatic rings. The van der Waals surface area contributed by atoms with Gasteiger partial charge in [0.15, 0.2) is 0 Å². The molecule has 94 valence electrons. The third kappa shape index (κ3) is 4.53. The smallest absolute Gasteiger partial charge is 0.310 e. The van der Waals surface area contributed by atoms with Gasteiger partial charge in [0.2, 0.25) is 0 Å². The van der Waals surface area contributed by atoms with E-state index < -0.39 is 0 Å². The first-order valence-electron chi connectivity index (χ1n) is 5.94. The van der Waals surface area contributed by atoms with E-state index in [4.69, 9.17) is 4.74 Å². The zero-order valence-electron chi connectivity index (χ0n) is 10.6. The van der Waals surface area contributed by atoms with Crippen molar-refractivity contribution in [3.63, 3.8) is 0 Å². The fourth-order valence-electron chi connectivity index (χ4n) is 1.44. The summed E-state index contributed by atoms with van der Waals surface area (Å²) < 4.78 is 4.99. The van der Waals surface area contributed by atoms with Crippen molar-refractivity contribution in [2.45, 2.75) is 33.4 Å². The van der Waals surface area contributed by atoms with Gasteiger partial charge < -0.3 is 10.1 Å². The number of nitrogens with zero attached hydrogens (tertiary/aromatic N) is 1. The lowest BCUT2D eigenvalue weighted by atomic mass is 10.0. The predicted octanol–water partition coefficient (Wildman–Crippen LogP) is 1.76. The van der Waals surface area contributed by atoms with Crippen LogP contribution in [0.1, 0.15) is 26.3 Å². The molecule has 17 heavy (non-hydrogen) atoms. The number of aromatic nitrogens is 1. The Bertz CT molecular complexity index is 341. The third-order valence-electron chi connectivity index (χ3n) is 2.76. The fourth-order valence-corrected chi connectivity index (χ4v) is 1.44. The van der Waals surface area contributed by atoms with Gasteiger partial charge in [0.1, 0.15) is 0 Å². The van der Waals surface area contributed by atoms with Crippen LogP contribution in [0, 0.1) is 5.92 Å². The Morgan fingerprint density at radius 1 is 1.53 bits per heavy atom. The van der Waals surface area contributed by atoms with E-state index in [1.165, 1.54) is 0 Å². The number of rotatable bonds is 6. The summed E-state index contributed by atoms with van der Waals surface area (Å²) >= 11 is 0. The molecule has 0 radical (unpaired) electrons. The number of hydrogen-bond acceptors (Lipinski definition) is 4. The first-order valence-corrected chi connectivity index (χ1v) is 5.94. The van der Waals surface area contributed by atoms with Crippen molar-refractivity contribution in [1.82, 2.24) is 10.3 Å². The minimum Gasteiger partial charge on any atom is -0.466 e. The van der Waals surface area contributed by atoms with E-state index in [1.54, 1.807) is 6.20 Å². The molecule has 0 amide bonds. The van der Waals surface area contributed by atoms with Gasteiger partial charge in [0, 0.05) is 25.0 Å². The summed E-state index contributed by atoms with van der Waals surface area (Å²) in [6.45, 7) is 6.81. The van der Waals surface area contributed by atoms with Gasteiger partial charge >= 0.3 is 5.97 Å². The van der Waals surface area contributed by atoms with Crippen LogP contribution in [0.3, 0.4) is 0 Å². The van der Waals surface area contributed by atoms with Gasteiger partial charge in [-0.25, -0.2) is 0 Å². The predicted molar refractivity (Wildman–Crippen MR) is 66.3 cm³/mol.